The Hall–Kier alpha value is -2.76. The van der Waals surface area contributed by atoms with Gasteiger partial charge >= 0.3 is 5.97 Å². The summed E-state index contributed by atoms with van der Waals surface area (Å²) in [6.45, 7) is 2.74. The number of fused-ring (bicyclic) bond motifs is 1. The number of aromatic carboxylic acids is 1. The highest BCUT2D eigenvalue weighted by atomic mass is 16.4. The quantitative estimate of drug-likeness (QED) is 0.795. The largest absolute Gasteiger partial charge is 0.478 e. The summed E-state index contributed by atoms with van der Waals surface area (Å²) in [6, 6.07) is 5.19. The molecule has 0 aromatic carbocycles. The Morgan fingerprint density at radius 2 is 2.10 bits per heavy atom. The van der Waals surface area contributed by atoms with E-state index in [2.05, 4.69) is 15.1 Å². The first-order chi connectivity index (χ1) is 10.2. The van der Waals surface area contributed by atoms with Crippen molar-refractivity contribution in [3.05, 3.63) is 42.4 Å². The van der Waals surface area contributed by atoms with E-state index in [9.17, 15) is 9.90 Å². The molecule has 1 N–H and O–H groups in total. The molecule has 0 aliphatic rings. The molecule has 0 saturated heterocycles. The first kappa shape index (κ1) is 13.2. The molecule has 0 saturated carbocycles. The molecule has 3 aromatic rings. The molecule has 21 heavy (non-hydrogen) atoms. The van der Waals surface area contributed by atoms with E-state index in [4.69, 9.17) is 0 Å². The van der Waals surface area contributed by atoms with Gasteiger partial charge in [0.15, 0.2) is 5.65 Å². The lowest BCUT2D eigenvalue weighted by atomic mass is 10.1. The highest BCUT2D eigenvalue weighted by Gasteiger charge is 2.16. The van der Waals surface area contributed by atoms with Crippen LogP contribution < -0.4 is 0 Å². The van der Waals surface area contributed by atoms with Crippen molar-refractivity contribution in [3.8, 4) is 11.3 Å². The number of hydrogen-bond acceptors (Lipinski definition) is 4. The van der Waals surface area contributed by atoms with E-state index in [1.807, 2.05) is 6.92 Å². The van der Waals surface area contributed by atoms with E-state index < -0.39 is 5.97 Å². The van der Waals surface area contributed by atoms with Gasteiger partial charge in [-0.2, -0.15) is 5.10 Å². The van der Waals surface area contributed by atoms with Gasteiger partial charge in [0.2, 0.25) is 0 Å². The molecule has 0 unspecified atom stereocenters. The molecule has 106 valence electrons. The number of nitrogens with zero attached hydrogens (tertiary/aromatic N) is 4. The van der Waals surface area contributed by atoms with E-state index in [-0.39, 0.29) is 5.56 Å². The second kappa shape index (κ2) is 5.32. The maximum absolute atomic E-state index is 11.5. The van der Waals surface area contributed by atoms with E-state index in [1.54, 1.807) is 41.5 Å². The summed E-state index contributed by atoms with van der Waals surface area (Å²) < 4.78 is 1.74. The standard InChI is InChI=1S/C15H14N4O2/c1-2-7-19-14-12(9-17-19)11(15(20)21)8-13(18-14)10-3-5-16-6-4-10/h3-6,8-9H,2,7H2,1H3,(H,20,21). The molecule has 3 rings (SSSR count). The predicted molar refractivity (Wildman–Crippen MR) is 78.0 cm³/mol. The van der Waals surface area contributed by atoms with Gasteiger partial charge in [-0.25, -0.2) is 14.5 Å². The van der Waals surface area contributed by atoms with Crippen molar-refractivity contribution >= 4 is 17.0 Å². The zero-order valence-corrected chi connectivity index (χ0v) is 11.5. The minimum atomic E-state index is -0.978. The van der Waals surface area contributed by atoms with Crippen LogP contribution in [0.1, 0.15) is 23.7 Å². The molecule has 0 atom stereocenters. The Morgan fingerprint density at radius 3 is 2.76 bits per heavy atom. The molecule has 0 spiro atoms. The van der Waals surface area contributed by atoms with Crippen molar-refractivity contribution in [1.29, 1.82) is 0 Å². The minimum Gasteiger partial charge on any atom is -0.478 e. The number of aryl methyl sites for hydroxylation is 1. The molecule has 0 aliphatic heterocycles. The predicted octanol–water partition coefficient (Wildman–Crippen LogP) is 2.60. The Bertz CT molecular complexity index is 796. The summed E-state index contributed by atoms with van der Waals surface area (Å²) in [7, 11) is 0. The second-order valence-electron chi connectivity index (χ2n) is 4.70. The number of hydrogen-bond donors (Lipinski definition) is 1. The molecule has 3 heterocycles. The van der Waals surface area contributed by atoms with Crippen molar-refractivity contribution in [2.45, 2.75) is 19.9 Å². The van der Waals surface area contributed by atoms with Gasteiger partial charge in [-0.1, -0.05) is 6.92 Å². The summed E-state index contributed by atoms with van der Waals surface area (Å²) in [4.78, 5) is 20.0. The zero-order valence-electron chi connectivity index (χ0n) is 11.5. The SMILES string of the molecule is CCCn1ncc2c(C(=O)O)cc(-c3ccncc3)nc21. The maximum Gasteiger partial charge on any atom is 0.336 e. The van der Waals surface area contributed by atoms with Crippen LogP contribution in [0.2, 0.25) is 0 Å². The average molecular weight is 282 g/mol. The fourth-order valence-electron chi connectivity index (χ4n) is 2.27. The lowest BCUT2D eigenvalue weighted by molar-refractivity contribution is 0.0699. The Balaban J connectivity index is 2.27. The lowest BCUT2D eigenvalue weighted by Gasteiger charge is -2.06. The topological polar surface area (TPSA) is 80.9 Å². The number of carboxylic acid groups (broad SMARTS) is 1. The van der Waals surface area contributed by atoms with Gasteiger partial charge in [0.25, 0.3) is 0 Å². The van der Waals surface area contributed by atoms with E-state index in [0.29, 0.717) is 23.3 Å². The fraction of sp³-hybridized carbons (Fsp3) is 0.200. The highest BCUT2D eigenvalue weighted by molar-refractivity contribution is 6.02. The first-order valence-electron chi connectivity index (χ1n) is 6.71. The number of rotatable bonds is 4. The molecule has 3 aromatic heterocycles. The summed E-state index contributed by atoms with van der Waals surface area (Å²) in [5.41, 5.74) is 2.26. The molecule has 0 fully saturated rings. The number of carboxylic acids is 1. The Kier molecular flexibility index (Phi) is 3.35. The van der Waals surface area contributed by atoms with Crippen molar-refractivity contribution < 1.29 is 9.90 Å². The van der Waals surface area contributed by atoms with Gasteiger partial charge in [0, 0.05) is 24.5 Å². The third kappa shape index (κ3) is 2.35. The van der Waals surface area contributed by atoms with E-state index in [0.717, 1.165) is 12.0 Å². The van der Waals surface area contributed by atoms with Gasteiger partial charge in [-0.3, -0.25) is 4.98 Å². The second-order valence-corrected chi connectivity index (χ2v) is 4.70. The summed E-state index contributed by atoms with van der Waals surface area (Å²) >= 11 is 0. The summed E-state index contributed by atoms with van der Waals surface area (Å²) in [6.07, 6.45) is 5.79. The van der Waals surface area contributed by atoms with Gasteiger partial charge in [-0.15, -0.1) is 0 Å². The van der Waals surface area contributed by atoms with Crippen LogP contribution in [-0.4, -0.2) is 30.8 Å². The number of pyridine rings is 2. The van der Waals surface area contributed by atoms with Crippen molar-refractivity contribution in [1.82, 2.24) is 19.7 Å². The van der Waals surface area contributed by atoms with Crippen LogP contribution in [0, 0.1) is 0 Å². The highest BCUT2D eigenvalue weighted by Crippen LogP contribution is 2.24. The third-order valence-electron chi connectivity index (χ3n) is 3.25. The monoisotopic (exact) mass is 282 g/mol. The van der Waals surface area contributed by atoms with Crippen LogP contribution in [0.3, 0.4) is 0 Å². The van der Waals surface area contributed by atoms with E-state index in [1.165, 1.54) is 0 Å². The molecular weight excluding hydrogens is 268 g/mol. The molecule has 6 nitrogen and oxygen atoms in total. The van der Waals surface area contributed by atoms with Crippen LogP contribution in [0.5, 0.6) is 0 Å². The molecule has 0 radical (unpaired) electrons. The molecule has 0 aliphatic carbocycles. The van der Waals surface area contributed by atoms with Crippen LogP contribution >= 0.6 is 0 Å². The van der Waals surface area contributed by atoms with Gasteiger partial charge in [-0.05, 0) is 24.6 Å². The van der Waals surface area contributed by atoms with Crippen molar-refractivity contribution in [2.24, 2.45) is 0 Å². The average Bonchev–Trinajstić information content (AvgIpc) is 2.90. The minimum absolute atomic E-state index is 0.217. The van der Waals surface area contributed by atoms with Crippen LogP contribution in [0.4, 0.5) is 0 Å². The maximum atomic E-state index is 11.5. The van der Waals surface area contributed by atoms with Gasteiger partial charge in [0.05, 0.1) is 22.8 Å². The Labute approximate surface area is 121 Å². The molecular formula is C15H14N4O2. The molecule has 0 amide bonds. The lowest BCUT2D eigenvalue weighted by Crippen LogP contribution is -2.03. The summed E-state index contributed by atoms with van der Waals surface area (Å²) in [5, 5.41) is 14.2. The van der Waals surface area contributed by atoms with Crippen LogP contribution in [0.25, 0.3) is 22.3 Å². The van der Waals surface area contributed by atoms with Crippen LogP contribution in [0.15, 0.2) is 36.8 Å². The normalized spacial score (nSPS) is 10.9. The fourth-order valence-corrected chi connectivity index (χ4v) is 2.27. The number of carbonyl (C=O) groups is 1. The van der Waals surface area contributed by atoms with Gasteiger partial charge < -0.3 is 5.11 Å². The number of aromatic nitrogens is 4. The third-order valence-corrected chi connectivity index (χ3v) is 3.25. The first-order valence-corrected chi connectivity index (χ1v) is 6.71. The molecule has 0 bridgehead atoms. The van der Waals surface area contributed by atoms with Crippen LogP contribution in [-0.2, 0) is 6.54 Å². The van der Waals surface area contributed by atoms with Crippen molar-refractivity contribution in [2.75, 3.05) is 0 Å². The van der Waals surface area contributed by atoms with E-state index >= 15 is 0 Å². The molecule has 6 heteroatoms. The summed E-state index contributed by atoms with van der Waals surface area (Å²) in [5.74, 6) is -0.978. The van der Waals surface area contributed by atoms with Crippen molar-refractivity contribution in [3.63, 3.8) is 0 Å². The smallest absolute Gasteiger partial charge is 0.336 e. The zero-order chi connectivity index (χ0) is 14.8. The Morgan fingerprint density at radius 1 is 1.33 bits per heavy atom. The van der Waals surface area contributed by atoms with Gasteiger partial charge in [0.1, 0.15) is 0 Å².